The van der Waals surface area contributed by atoms with Crippen LogP contribution in [0.25, 0.3) is 0 Å². The lowest BCUT2D eigenvalue weighted by Gasteiger charge is -2.21. The van der Waals surface area contributed by atoms with Crippen molar-refractivity contribution in [1.82, 2.24) is 0 Å². The number of allylic oxidation sites excluding steroid dienone is 22. The van der Waals surface area contributed by atoms with Gasteiger partial charge in [0.25, 0.3) is 0 Å². The van der Waals surface area contributed by atoms with E-state index in [0.717, 1.165) is 109 Å². The summed E-state index contributed by atoms with van der Waals surface area (Å²) in [6, 6.07) is 0. The van der Waals surface area contributed by atoms with Crippen LogP contribution in [0.2, 0.25) is 0 Å². The third kappa shape index (κ3) is 75.4. The van der Waals surface area contributed by atoms with Crippen LogP contribution in [0, 0.1) is 0 Å². The Kier molecular flexibility index (Phi) is 72.9. The molecule has 0 aromatic heterocycles. The minimum absolute atomic E-state index is 0.0343. The van der Waals surface area contributed by atoms with Crippen molar-refractivity contribution >= 4 is 39.5 Å². The van der Waals surface area contributed by atoms with Crippen LogP contribution in [0.1, 0.15) is 323 Å². The van der Waals surface area contributed by atoms with Gasteiger partial charge < -0.3 is 33.8 Å². The molecular formula is C85H144O17P2. The fourth-order valence-corrected chi connectivity index (χ4v) is 12.1. The lowest BCUT2D eigenvalue weighted by atomic mass is 10.0. The van der Waals surface area contributed by atoms with E-state index in [1.165, 1.54) is 122 Å². The Bertz CT molecular complexity index is 2490. The number of unbranched alkanes of at least 4 members (excludes halogenated alkanes) is 27. The van der Waals surface area contributed by atoms with Gasteiger partial charge in [-0.25, -0.2) is 9.13 Å². The van der Waals surface area contributed by atoms with Crippen molar-refractivity contribution < 1.29 is 80.2 Å². The molecule has 0 spiro atoms. The zero-order valence-electron chi connectivity index (χ0n) is 65.2. The van der Waals surface area contributed by atoms with Gasteiger partial charge in [0, 0.05) is 25.7 Å². The Labute approximate surface area is 631 Å². The molecule has 0 rings (SSSR count). The third-order valence-electron chi connectivity index (χ3n) is 16.7. The molecule has 0 aliphatic carbocycles. The van der Waals surface area contributed by atoms with Crippen molar-refractivity contribution in [2.45, 2.75) is 341 Å². The molecular weight excluding hydrogens is 1350 g/mol. The molecule has 0 fully saturated rings. The average Bonchev–Trinajstić information content (AvgIpc) is 0.913. The number of hydrogen-bond acceptors (Lipinski definition) is 15. The molecule has 0 aliphatic heterocycles. The van der Waals surface area contributed by atoms with Gasteiger partial charge in [0.2, 0.25) is 0 Å². The maximum Gasteiger partial charge on any atom is 0.472 e. The molecule has 0 bridgehead atoms. The first-order valence-corrected chi connectivity index (χ1v) is 43.4. The van der Waals surface area contributed by atoms with E-state index in [1.54, 1.807) is 0 Å². The van der Waals surface area contributed by atoms with E-state index in [-0.39, 0.29) is 25.7 Å². The van der Waals surface area contributed by atoms with Gasteiger partial charge in [0.1, 0.15) is 19.3 Å². The number of hydrogen-bond donors (Lipinski definition) is 3. The summed E-state index contributed by atoms with van der Waals surface area (Å²) in [5.41, 5.74) is 0. The maximum atomic E-state index is 13.1. The van der Waals surface area contributed by atoms with Crippen molar-refractivity contribution in [2.24, 2.45) is 0 Å². The van der Waals surface area contributed by atoms with E-state index >= 15 is 0 Å². The molecule has 0 aromatic rings. The number of esters is 4. The van der Waals surface area contributed by atoms with Crippen molar-refractivity contribution in [3.63, 3.8) is 0 Å². The van der Waals surface area contributed by atoms with Gasteiger partial charge in [-0.3, -0.25) is 37.3 Å². The van der Waals surface area contributed by atoms with E-state index in [0.29, 0.717) is 38.5 Å². The Balaban J connectivity index is 5.44. The minimum Gasteiger partial charge on any atom is -0.462 e. The highest BCUT2D eigenvalue weighted by Crippen LogP contribution is 2.45. The quantitative estimate of drug-likeness (QED) is 0.0169. The summed E-state index contributed by atoms with van der Waals surface area (Å²) in [5, 5.41) is 10.6. The summed E-state index contributed by atoms with van der Waals surface area (Å²) in [7, 11) is -9.99. The molecule has 2 unspecified atom stereocenters. The Morgan fingerprint density at radius 1 is 0.279 bits per heavy atom. The van der Waals surface area contributed by atoms with E-state index < -0.39 is 97.5 Å². The number of carbonyl (C=O) groups is 4. The maximum absolute atomic E-state index is 13.1. The lowest BCUT2D eigenvalue weighted by molar-refractivity contribution is -0.161. The first-order chi connectivity index (χ1) is 50.7. The highest BCUT2D eigenvalue weighted by Gasteiger charge is 2.30. The van der Waals surface area contributed by atoms with Crippen molar-refractivity contribution in [3.8, 4) is 0 Å². The zero-order chi connectivity index (χ0) is 76.0. The van der Waals surface area contributed by atoms with E-state index in [2.05, 4.69) is 131 Å². The van der Waals surface area contributed by atoms with Crippen molar-refractivity contribution in [2.75, 3.05) is 39.6 Å². The van der Waals surface area contributed by atoms with Crippen LogP contribution in [0.5, 0.6) is 0 Å². The minimum atomic E-state index is -5.00. The number of aliphatic hydroxyl groups excluding tert-OH is 1. The Hall–Kier alpha value is -4.80. The molecule has 0 aromatic carbocycles. The molecule has 19 heteroatoms. The first kappa shape index (κ1) is 99.2. The molecule has 0 radical (unpaired) electrons. The summed E-state index contributed by atoms with van der Waals surface area (Å²) >= 11 is 0. The second kappa shape index (κ2) is 76.4. The van der Waals surface area contributed by atoms with Crippen LogP contribution in [0.3, 0.4) is 0 Å². The fourth-order valence-electron chi connectivity index (χ4n) is 10.5. The molecule has 0 heterocycles. The van der Waals surface area contributed by atoms with Crippen LogP contribution in [-0.2, 0) is 65.4 Å². The van der Waals surface area contributed by atoms with Gasteiger partial charge in [-0.05, 0) is 103 Å². The summed E-state index contributed by atoms with van der Waals surface area (Å²) in [6.07, 6.45) is 86.0. The van der Waals surface area contributed by atoms with Crippen molar-refractivity contribution in [1.29, 1.82) is 0 Å². The Morgan fingerprint density at radius 2 is 0.519 bits per heavy atom. The summed E-state index contributed by atoms with van der Waals surface area (Å²) in [5.74, 6) is -2.36. The van der Waals surface area contributed by atoms with Gasteiger partial charge in [0.15, 0.2) is 12.2 Å². The standard InChI is InChI=1S/C85H144O17P2/c1-5-9-13-17-21-25-29-33-35-37-39-41-43-47-49-53-57-61-65-69-82(87)95-75-80(101-84(89)71-67-63-59-55-51-45-31-27-23-19-15-11-7-3)77-99-103(91,92)97-73-79(86)74-98-104(93,94)100-78-81(102-85(90)72-68-64-60-56-52-46-32-28-24-20-16-12-8-4)76-96-83(88)70-66-62-58-54-50-48-44-42-40-38-36-34-30-26-22-18-14-10-6-2/h9,13,21-22,25-26,33-36,39-42,47-50,57-58,61-62,79-81,86H,5-8,10-12,14-20,23-24,27-32,37-38,43-46,51-56,59-60,63-78H2,1-4H3,(H,91,92)(H,93,94)/b13-9-,25-21-,26-22-,35-33-,36-34-,41-39-,42-40-,49-47-,50-48-,61-57-,62-58-/t79-,80-,81-/m1/s1. The van der Waals surface area contributed by atoms with E-state index in [4.69, 9.17) is 37.0 Å². The van der Waals surface area contributed by atoms with Gasteiger partial charge >= 0.3 is 39.5 Å². The van der Waals surface area contributed by atoms with Gasteiger partial charge in [-0.2, -0.15) is 0 Å². The van der Waals surface area contributed by atoms with Crippen LogP contribution in [0.15, 0.2) is 134 Å². The third-order valence-corrected chi connectivity index (χ3v) is 18.6. The van der Waals surface area contributed by atoms with Gasteiger partial charge in [-0.15, -0.1) is 0 Å². The number of phosphoric acid groups is 2. The molecule has 17 nitrogen and oxygen atoms in total. The summed E-state index contributed by atoms with van der Waals surface area (Å²) in [4.78, 5) is 72.9. The number of aliphatic hydroxyl groups is 1. The number of rotatable bonds is 75. The van der Waals surface area contributed by atoms with Gasteiger partial charge in [0.05, 0.1) is 26.4 Å². The van der Waals surface area contributed by atoms with Crippen LogP contribution >= 0.6 is 15.6 Å². The normalized spacial score (nSPS) is 14.6. The predicted molar refractivity (Wildman–Crippen MR) is 427 cm³/mol. The molecule has 0 amide bonds. The zero-order valence-corrected chi connectivity index (χ0v) is 66.9. The molecule has 596 valence electrons. The molecule has 5 atom stereocenters. The highest BCUT2D eigenvalue weighted by atomic mass is 31.2. The molecule has 0 aliphatic rings. The lowest BCUT2D eigenvalue weighted by Crippen LogP contribution is -2.30. The monoisotopic (exact) mass is 1500 g/mol. The predicted octanol–water partition coefficient (Wildman–Crippen LogP) is 23.7. The number of ether oxygens (including phenoxy) is 4. The summed E-state index contributed by atoms with van der Waals surface area (Å²) < 4.78 is 68.4. The average molecular weight is 1500 g/mol. The molecule has 0 saturated carbocycles. The highest BCUT2D eigenvalue weighted by molar-refractivity contribution is 7.47. The van der Waals surface area contributed by atoms with Crippen LogP contribution in [0.4, 0.5) is 0 Å². The SMILES string of the molecule is CC/C=C\C/C=C\C/C=C\C/C=C\C/C=C\C/C=C\CCC(=O)OC[C@H](COP(=O)(O)OC[C@@H](O)COP(=O)(O)OC[C@@H](COC(=O)CC/C=C\C/C=C\C/C=C\C/C=C\C/C=C\CCCCC)OC(=O)CCCCCCCCCCCCCCC)OC(=O)CCCCCCCCCCCCCCC. The van der Waals surface area contributed by atoms with E-state index in [9.17, 15) is 43.2 Å². The van der Waals surface area contributed by atoms with Crippen LogP contribution < -0.4 is 0 Å². The fraction of sp³-hybridized carbons (Fsp3) is 0.694. The first-order valence-electron chi connectivity index (χ1n) is 40.4. The number of carbonyl (C=O) groups excluding carboxylic acids is 4. The smallest absolute Gasteiger partial charge is 0.462 e. The molecule has 0 saturated heterocycles. The summed E-state index contributed by atoms with van der Waals surface area (Å²) in [6.45, 7) is 4.59. The van der Waals surface area contributed by atoms with Crippen molar-refractivity contribution in [3.05, 3.63) is 134 Å². The van der Waals surface area contributed by atoms with Crippen LogP contribution in [-0.4, -0.2) is 96.7 Å². The van der Waals surface area contributed by atoms with Gasteiger partial charge in [-0.1, -0.05) is 328 Å². The molecule has 3 N–H and O–H groups in total. The largest absolute Gasteiger partial charge is 0.472 e. The molecule has 104 heavy (non-hydrogen) atoms. The second-order valence-electron chi connectivity index (χ2n) is 26.6. The number of phosphoric ester groups is 2. The topological polar surface area (TPSA) is 237 Å². The second-order valence-corrected chi connectivity index (χ2v) is 29.5. The Morgan fingerprint density at radius 3 is 0.808 bits per heavy atom. The van der Waals surface area contributed by atoms with E-state index in [1.807, 2.05) is 30.4 Å².